The number of amides is 2. The minimum Gasteiger partial charge on any atom is -0.369 e. The molecule has 0 radical (unpaired) electrons. The van der Waals surface area contributed by atoms with Gasteiger partial charge in [-0.1, -0.05) is 54.1 Å². The lowest BCUT2D eigenvalue weighted by atomic mass is 9.72. The molecule has 3 aromatic rings. The molecule has 0 spiro atoms. The highest BCUT2D eigenvalue weighted by Gasteiger charge is 2.43. The molecule has 0 aliphatic carbocycles. The standard InChI is InChI=1S/C30H32ClN3O4S/c31-26-10-6-23(7-11-26)22-32-29(36)30(25-4-2-1-3-5-25)14-16-34(17-15-30)28(35)24-8-12-27(13-9-24)33-18-20-39(37,38)21-19-33/h1-13H,14-22H2,(H,32,36). The number of nitrogens with zero attached hydrogens (tertiary/aromatic N) is 2. The molecule has 2 amide bonds. The van der Waals surface area contributed by atoms with Crippen LogP contribution in [0.4, 0.5) is 5.69 Å². The number of hydrogen-bond donors (Lipinski definition) is 1. The number of rotatable bonds is 6. The minimum atomic E-state index is -2.95. The van der Waals surface area contributed by atoms with Gasteiger partial charge < -0.3 is 15.1 Å². The molecule has 0 aromatic heterocycles. The molecule has 0 bridgehead atoms. The first kappa shape index (κ1) is 27.2. The average Bonchev–Trinajstić information content (AvgIpc) is 2.97. The van der Waals surface area contributed by atoms with Crippen molar-refractivity contribution in [2.45, 2.75) is 24.8 Å². The van der Waals surface area contributed by atoms with Crippen molar-refractivity contribution in [2.24, 2.45) is 0 Å². The molecule has 2 aliphatic rings. The summed E-state index contributed by atoms with van der Waals surface area (Å²) in [4.78, 5) is 30.9. The zero-order valence-electron chi connectivity index (χ0n) is 21.7. The number of anilines is 1. The molecule has 2 saturated heterocycles. The smallest absolute Gasteiger partial charge is 0.253 e. The van der Waals surface area contributed by atoms with Gasteiger partial charge in [0.05, 0.1) is 16.9 Å². The van der Waals surface area contributed by atoms with Crippen LogP contribution in [-0.2, 0) is 26.6 Å². The summed E-state index contributed by atoms with van der Waals surface area (Å²) in [5.74, 6) is 0.199. The van der Waals surface area contributed by atoms with Gasteiger partial charge in [0.15, 0.2) is 9.84 Å². The Bertz CT molecular complexity index is 1410. The summed E-state index contributed by atoms with van der Waals surface area (Å²) >= 11 is 5.99. The summed E-state index contributed by atoms with van der Waals surface area (Å²) < 4.78 is 23.5. The normalized spacial score (nSPS) is 18.4. The second kappa shape index (κ2) is 11.4. The SMILES string of the molecule is O=C(c1ccc(N2CCS(=O)(=O)CC2)cc1)N1CCC(C(=O)NCc2ccc(Cl)cc2)(c2ccccc2)CC1. The summed E-state index contributed by atoms with van der Waals surface area (Å²) in [6.45, 7) is 2.26. The van der Waals surface area contributed by atoms with Crippen molar-refractivity contribution in [1.29, 1.82) is 0 Å². The largest absolute Gasteiger partial charge is 0.369 e. The van der Waals surface area contributed by atoms with Crippen molar-refractivity contribution >= 4 is 38.9 Å². The Kier molecular flexibility index (Phi) is 7.96. The zero-order chi connectivity index (χ0) is 27.5. The van der Waals surface area contributed by atoms with E-state index in [1.165, 1.54) is 0 Å². The van der Waals surface area contributed by atoms with Crippen molar-refractivity contribution in [1.82, 2.24) is 10.2 Å². The van der Waals surface area contributed by atoms with Crippen LogP contribution in [0.1, 0.15) is 34.3 Å². The van der Waals surface area contributed by atoms with Crippen LogP contribution in [-0.4, -0.2) is 62.8 Å². The Morgan fingerprint density at radius 2 is 1.44 bits per heavy atom. The third-order valence-corrected chi connectivity index (χ3v) is 9.72. The van der Waals surface area contributed by atoms with Gasteiger partial charge in [-0.05, 0) is 60.4 Å². The van der Waals surface area contributed by atoms with E-state index in [1.54, 1.807) is 12.1 Å². The number of sulfone groups is 1. The van der Waals surface area contributed by atoms with E-state index in [-0.39, 0.29) is 23.3 Å². The van der Waals surface area contributed by atoms with Crippen molar-refractivity contribution in [3.8, 4) is 0 Å². The summed E-state index contributed by atoms with van der Waals surface area (Å²) in [6, 6.07) is 24.6. The first-order valence-corrected chi connectivity index (χ1v) is 15.4. The number of halogens is 1. The van der Waals surface area contributed by atoms with E-state index in [2.05, 4.69) is 5.32 Å². The fourth-order valence-corrected chi connectivity index (χ4v) is 6.74. The third-order valence-electron chi connectivity index (χ3n) is 7.86. The van der Waals surface area contributed by atoms with Crippen LogP contribution in [0.15, 0.2) is 78.9 Å². The first-order valence-electron chi connectivity index (χ1n) is 13.2. The summed E-state index contributed by atoms with van der Waals surface area (Å²) in [6.07, 6.45) is 1.05. The van der Waals surface area contributed by atoms with E-state index >= 15 is 0 Å². The molecular formula is C30H32ClN3O4S. The fourth-order valence-electron chi connectivity index (χ4n) is 5.42. The molecule has 0 saturated carbocycles. The van der Waals surface area contributed by atoms with E-state index in [4.69, 9.17) is 11.6 Å². The summed E-state index contributed by atoms with van der Waals surface area (Å²) in [7, 11) is -2.95. The number of carbonyl (C=O) groups excluding carboxylic acids is 2. The molecule has 3 aromatic carbocycles. The van der Waals surface area contributed by atoms with E-state index in [9.17, 15) is 18.0 Å². The van der Waals surface area contributed by atoms with Gasteiger partial charge >= 0.3 is 0 Å². The molecule has 1 N–H and O–H groups in total. The molecule has 2 aliphatic heterocycles. The Morgan fingerprint density at radius 3 is 2.05 bits per heavy atom. The first-order chi connectivity index (χ1) is 18.8. The average molecular weight is 566 g/mol. The zero-order valence-corrected chi connectivity index (χ0v) is 23.3. The van der Waals surface area contributed by atoms with Crippen LogP contribution < -0.4 is 10.2 Å². The van der Waals surface area contributed by atoms with Crippen LogP contribution in [0, 0.1) is 0 Å². The van der Waals surface area contributed by atoms with Gasteiger partial charge in [-0.3, -0.25) is 9.59 Å². The molecule has 204 valence electrons. The highest BCUT2D eigenvalue weighted by atomic mass is 35.5. The van der Waals surface area contributed by atoms with Crippen molar-refractivity contribution in [2.75, 3.05) is 42.6 Å². The van der Waals surface area contributed by atoms with E-state index < -0.39 is 15.3 Å². The fraction of sp³-hybridized carbons (Fsp3) is 0.333. The van der Waals surface area contributed by atoms with E-state index in [0.717, 1.165) is 16.8 Å². The van der Waals surface area contributed by atoms with Crippen LogP contribution in [0.3, 0.4) is 0 Å². The lowest BCUT2D eigenvalue weighted by molar-refractivity contribution is -0.128. The molecule has 9 heteroatoms. The van der Waals surface area contributed by atoms with Gasteiger partial charge in [-0.15, -0.1) is 0 Å². The number of likely N-dealkylation sites (tertiary alicyclic amines) is 1. The van der Waals surface area contributed by atoms with Crippen LogP contribution >= 0.6 is 11.6 Å². The maximum atomic E-state index is 13.7. The number of hydrogen-bond acceptors (Lipinski definition) is 5. The van der Waals surface area contributed by atoms with Gasteiger partial charge in [0, 0.05) is 49.0 Å². The van der Waals surface area contributed by atoms with E-state index in [0.29, 0.717) is 56.2 Å². The molecule has 2 fully saturated rings. The molecule has 0 atom stereocenters. The summed E-state index contributed by atoms with van der Waals surface area (Å²) in [5.41, 5.74) is 2.71. The Labute approximate surface area is 234 Å². The molecule has 0 unspecified atom stereocenters. The Balaban J connectivity index is 1.25. The Hall–Kier alpha value is -3.36. The number of nitrogens with one attached hydrogen (secondary N) is 1. The molecule has 2 heterocycles. The number of benzene rings is 3. The number of carbonyl (C=O) groups is 2. The topological polar surface area (TPSA) is 86.8 Å². The van der Waals surface area contributed by atoms with Crippen LogP contribution in [0.5, 0.6) is 0 Å². The van der Waals surface area contributed by atoms with Crippen LogP contribution in [0.2, 0.25) is 5.02 Å². The lowest BCUT2D eigenvalue weighted by Gasteiger charge is -2.41. The van der Waals surface area contributed by atoms with Crippen molar-refractivity contribution in [3.05, 3.63) is 101 Å². The third kappa shape index (κ3) is 6.12. The Morgan fingerprint density at radius 1 is 0.821 bits per heavy atom. The van der Waals surface area contributed by atoms with E-state index in [1.807, 2.05) is 76.5 Å². The summed E-state index contributed by atoms with van der Waals surface area (Å²) in [5, 5.41) is 3.77. The minimum absolute atomic E-state index is 0.0383. The predicted molar refractivity (Wildman–Crippen MR) is 154 cm³/mol. The molecular weight excluding hydrogens is 534 g/mol. The quantitative estimate of drug-likeness (QED) is 0.487. The second-order valence-corrected chi connectivity index (χ2v) is 13.0. The van der Waals surface area contributed by atoms with Crippen molar-refractivity contribution in [3.63, 3.8) is 0 Å². The molecule has 5 rings (SSSR count). The van der Waals surface area contributed by atoms with Gasteiger partial charge in [-0.25, -0.2) is 8.42 Å². The van der Waals surface area contributed by atoms with Crippen LogP contribution in [0.25, 0.3) is 0 Å². The number of piperidine rings is 1. The van der Waals surface area contributed by atoms with Gasteiger partial charge in [0.2, 0.25) is 5.91 Å². The highest BCUT2D eigenvalue weighted by Crippen LogP contribution is 2.36. The van der Waals surface area contributed by atoms with Crippen molar-refractivity contribution < 1.29 is 18.0 Å². The van der Waals surface area contributed by atoms with Gasteiger partial charge in [-0.2, -0.15) is 0 Å². The monoisotopic (exact) mass is 565 g/mol. The molecule has 39 heavy (non-hydrogen) atoms. The highest BCUT2D eigenvalue weighted by molar-refractivity contribution is 7.91. The van der Waals surface area contributed by atoms with Gasteiger partial charge in [0.25, 0.3) is 5.91 Å². The van der Waals surface area contributed by atoms with Gasteiger partial charge in [0.1, 0.15) is 0 Å². The maximum absolute atomic E-state index is 13.7. The molecule has 7 nitrogen and oxygen atoms in total. The second-order valence-electron chi connectivity index (χ2n) is 10.2. The predicted octanol–water partition coefficient (Wildman–Crippen LogP) is 4.07. The lowest BCUT2D eigenvalue weighted by Crippen LogP contribution is -2.52. The maximum Gasteiger partial charge on any atom is 0.253 e.